The summed E-state index contributed by atoms with van der Waals surface area (Å²) in [7, 11) is 0. The Balaban J connectivity index is 3.91. The molecule has 0 rings (SSSR count). The third-order valence-corrected chi connectivity index (χ3v) is 3.00. The fourth-order valence-corrected chi connectivity index (χ4v) is 0.897. The zero-order valence-corrected chi connectivity index (χ0v) is 12.2. The molecule has 1 amide bonds. The second-order valence-corrected chi connectivity index (χ2v) is 5.63. The number of rotatable bonds is 6. The summed E-state index contributed by atoms with van der Waals surface area (Å²) in [5.41, 5.74) is -0.586. The molecule has 0 unspecified atom stereocenters. The highest BCUT2D eigenvalue weighted by atomic mass is 16.7. The van der Waals surface area contributed by atoms with Gasteiger partial charge in [-0.25, -0.2) is 4.79 Å². The second kappa shape index (κ2) is 7.24. The molecule has 0 atom stereocenters. The lowest BCUT2D eigenvalue weighted by Gasteiger charge is -2.26. The van der Waals surface area contributed by atoms with E-state index in [0.29, 0.717) is 12.5 Å². The molecule has 0 aliphatic rings. The highest BCUT2D eigenvalue weighted by molar-refractivity contribution is 5.76. The number of hydrogen-bond donors (Lipinski definition) is 1. The van der Waals surface area contributed by atoms with Crippen LogP contribution in [0.5, 0.6) is 0 Å². The molecule has 0 aliphatic carbocycles. The van der Waals surface area contributed by atoms with Gasteiger partial charge in [0.05, 0.1) is 5.41 Å². The summed E-state index contributed by atoms with van der Waals surface area (Å²) in [5.74, 6) is 0.133. The molecule has 18 heavy (non-hydrogen) atoms. The van der Waals surface area contributed by atoms with Crippen molar-refractivity contribution in [2.24, 2.45) is 17.3 Å². The highest BCUT2D eigenvalue weighted by Gasteiger charge is 2.33. The molecule has 5 heteroatoms. The van der Waals surface area contributed by atoms with Crippen LogP contribution in [-0.4, -0.2) is 25.4 Å². The number of ether oxygens (including phenoxy) is 2. The lowest BCUT2D eigenvalue weighted by atomic mass is 9.81. The normalized spacial score (nSPS) is 11.6. The van der Waals surface area contributed by atoms with Gasteiger partial charge in [-0.15, -0.1) is 0 Å². The Morgan fingerprint density at radius 1 is 1.11 bits per heavy atom. The molecule has 0 saturated carbocycles. The molecule has 106 valence electrons. The van der Waals surface area contributed by atoms with Crippen molar-refractivity contribution in [1.29, 1.82) is 0 Å². The lowest BCUT2D eigenvalue weighted by Crippen LogP contribution is -2.34. The van der Waals surface area contributed by atoms with Crippen LogP contribution in [0.2, 0.25) is 0 Å². The topological polar surface area (TPSA) is 64.6 Å². The van der Waals surface area contributed by atoms with Gasteiger partial charge in [0.25, 0.3) is 0 Å². The third kappa shape index (κ3) is 5.89. The molecule has 0 aromatic heterocycles. The summed E-state index contributed by atoms with van der Waals surface area (Å²) in [5, 5.41) is 2.56. The quantitative estimate of drug-likeness (QED) is 0.588. The average molecular weight is 259 g/mol. The average Bonchev–Trinajstić information content (AvgIpc) is 2.25. The van der Waals surface area contributed by atoms with E-state index >= 15 is 0 Å². The minimum atomic E-state index is -0.586. The molecule has 0 bridgehead atoms. The van der Waals surface area contributed by atoms with Crippen LogP contribution in [0.15, 0.2) is 0 Å². The van der Waals surface area contributed by atoms with E-state index in [2.05, 4.69) is 5.32 Å². The Morgan fingerprint density at radius 3 is 2.11 bits per heavy atom. The van der Waals surface area contributed by atoms with Crippen molar-refractivity contribution in [3.63, 3.8) is 0 Å². The first kappa shape index (κ1) is 16.7. The predicted octanol–water partition coefficient (Wildman–Crippen LogP) is 2.55. The molecule has 0 saturated heterocycles. The monoisotopic (exact) mass is 259 g/mol. The van der Waals surface area contributed by atoms with Gasteiger partial charge in [0.15, 0.2) is 0 Å². The van der Waals surface area contributed by atoms with Crippen LogP contribution in [-0.2, 0) is 14.3 Å². The van der Waals surface area contributed by atoms with Gasteiger partial charge in [0.1, 0.15) is 0 Å². The maximum absolute atomic E-state index is 11.7. The van der Waals surface area contributed by atoms with Crippen molar-refractivity contribution < 1.29 is 19.1 Å². The van der Waals surface area contributed by atoms with Crippen LogP contribution in [0.3, 0.4) is 0 Å². The van der Waals surface area contributed by atoms with Crippen LogP contribution < -0.4 is 5.32 Å². The SMILES string of the molecule is CC(C)CNC(=O)OCOC(=O)C(C)(C)C(C)C. The van der Waals surface area contributed by atoms with Crippen molar-refractivity contribution in [2.45, 2.75) is 41.5 Å². The zero-order valence-electron chi connectivity index (χ0n) is 12.2. The first-order chi connectivity index (χ1) is 8.17. The largest absolute Gasteiger partial charge is 0.427 e. The number of hydrogen-bond acceptors (Lipinski definition) is 4. The summed E-state index contributed by atoms with van der Waals surface area (Å²) >= 11 is 0. The van der Waals surface area contributed by atoms with E-state index in [-0.39, 0.29) is 18.7 Å². The van der Waals surface area contributed by atoms with E-state index in [1.807, 2.05) is 27.7 Å². The van der Waals surface area contributed by atoms with Gasteiger partial charge in [0.2, 0.25) is 6.79 Å². The van der Waals surface area contributed by atoms with Crippen LogP contribution in [0.1, 0.15) is 41.5 Å². The van der Waals surface area contributed by atoms with Crippen molar-refractivity contribution in [3.05, 3.63) is 0 Å². The molecule has 0 fully saturated rings. The van der Waals surface area contributed by atoms with Gasteiger partial charge in [-0.05, 0) is 25.7 Å². The maximum Gasteiger partial charge on any atom is 0.410 e. The van der Waals surface area contributed by atoms with E-state index < -0.39 is 11.5 Å². The third-order valence-electron chi connectivity index (χ3n) is 3.00. The van der Waals surface area contributed by atoms with Gasteiger partial charge in [-0.1, -0.05) is 27.7 Å². The minimum Gasteiger partial charge on any atom is -0.427 e. The summed E-state index contributed by atoms with van der Waals surface area (Å²) in [4.78, 5) is 22.9. The van der Waals surface area contributed by atoms with Crippen LogP contribution >= 0.6 is 0 Å². The fourth-order valence-electron chi connectivity index (χ4n) is 0.897. The molecule has 0 radical (unpaired) electrons. The molecular formula is C13H25NO4. The Morgan fingerprint density at radius 2 is 1.67 bits per heavy atom. The first-order valence-electron chi connectivity index (χ1n) is 6.25. The number of carbonyl (C=O) groups is 2. The Hall–Kier alpha value is -1.26. The van der Waals surface area contributed by atoms with Crippen molar-refractivity contribution in [2.75, 3.05) is 13.3 Å². The van der Waals surface area contributed by atoms with Crippen LogP contribution in [0, 0.1) is 17.3 Å². The highest BCUT2D eigenvalue weighted by Crippen LogP contribution is 2.27. The molecular weight excluding hydrogens is 234 g/mol. The standard InChI is InChI=1S/C13H25NO4/c1-9(2)7-14-12(16)18-8-17-11(15)13(5,6)10(3)4/h9-10H,7-8H2,1-6H3,(H,14,16). The van der Waals surface area contributed by atoms with Crippen LogP contribution in [0.25, 0.3) is 0 Å². The number of amides is 1. The van der Waals surface area contributed by atoms with Gasteiger partial charge in [-0.2, -0.15) is 0 Å². The minimum absolute atomic E-state index is 0.153. The van der Waals surface area contributed by atoms with E-state index in [1.165, 1.54) is 0 Å². The summed E-state index contributed by atoms with van der Waals surface area (Å²) in [6, 6.07) is 0. The summed E-state index contributed by atoms with van der Waals surface area (Å²) in [6.07, 6.45) is -0.571. The molecule has 0 aromatic rings. The second-order valence-electron chi connectivity index (χ2n) is 5.63. The molecule has 0 spiro atoms. The predicted molar refractivity (Wildman–Crippen MR) is 68.9 cm³/mol. The smallest absolute Gasteiger partial charge is 0.410 e. The summed E-state index contributed by atoms with van der Waals surface area (Å²) < 4.78 is 9.67. The first-order valence-corrected chi connectivity index (χ1v) is 6.25. The Kier molecular flexibility index (Phi) is 6.73. The number of esters is 1. The van der Waals surface area contributed by atoms with E-state index in [9.17, 15) is 9.59 Å². The van der Waals surface area contributed by atoms with Gasteiger partial charge in [-0.3, -0.25) is 4.79 Å². The molecule has 0 aliphatic heterocycles. The van der Waals surface area contributed by atoms with E-state index in [4.69, 9.17) is 9.47 Å². The summed E-state index contributed by atoms with van der Waals surface area (Å²) in [6.45, 7) is 11.6. The van der Waals surface area contributed by atoms with Gasteiger partial charge >= 0.3 is 12.1 Å². The van der Waals surface area contributed by atoms with Crippen molar-refractivity contribution in [3.8, 4) is 0 Å². The number of nitrogens with one attached hydrogen (secondary N) is 1. The molecule has 5 nitrogen and oxygen atoms in total. The van der Waals surface area contributed by atoms with E-state index in [0.717, 1.165) is 0 Å². The lowest BCUT2D eigenvalue weighted by molar-refractivity contribution is -0.164. The number of carbonyl (C=O) groups excluding carboxylic acids is 2. The maximum atomic E-state index is 11.7. The van der Waals surface area contributed by atoms with Crippen molar-refractivity contribution >= 4 is 12.1 Å². The zero-order chi connectivity index (χ0) is 14.3. The van der Waals surface area contributed by atoms with Crippen molar-refractivity contribution in [1.82, 2.24) is 5.32 Å². The van der Waals surface area contributed by atoms with E-state index in [1.54, 1.807) is 13.8 Å². The van der Waals surface area contributed by atoms with Crippen LogP contribution in [0.4, 0.5) is 4.79 Å². The number of alkyl carbamates (subject to hydrolysis) is 1. The Bertz CT molecular complexity index is 285. The Labute approximate surface area is 109 Å². The van der Waals surface area contributed by atoms with Gasteiger partial charge in [0, 0.05) is 6.54 Å². The van der Waals surface area contributed by atoms with Gasteiger partial charge < -0.3 is 14.8 Å². The molecule has 1 N–H and O–H groups in total. The fraction of sp³-hybridized carbons (Fsp3) is 0.846. The molecule has 0 heterocycles. The molecule has 0 aromatic carbocycles.